The average Bonchev–Trinajstić information content (AvgIpc) is 2.85. The molecule has 2 heterocycles. The summed E-state index contributed by atoms with van der Waals surface area (Å²) in [5.41, 5.74) is 0. The highest BCUT2D eigenvalue weighted by atomic mass is 32.2. The summed E-state index contributed by atoms with van der Waals surface area (Å²) in [7, 11) is -1.82. The largest absolute Gasteiger partial charge is 0.490 e. The highest BCUT2D eigenvalue weighted by Crippen LogP contribution is 2.33. The van der Waals surface area contributed by atoms with Gasteiger partial charge >= 0.3 is 0 Å². The Morgan fingerprint density at radius 1 is 1.16 bits per heavy atom. The topological polar surface area (TPSA) is 76.2 Å². The second-order valence-corrected chi connectivity index (χ2v) is 8.36. The summed E-state index contributed by atoms with van der Waals surface area (Å²) in [5, 5.41) is 0. The molecular weight excluding hydrogens is 344 g/mol. The number of benzene rings is 1. The van der Waals surface area contributed by atoms with Crippen LogP contribution >= 0.6 is 0 Å². The summed E-state index contributed by atoms with van der Waals surface area (Å²) in [6.45, 7) is 3.41. The van der Waals surface area contributed by atoms with Crippen LogP contribution in [0.2, 0.25) is 0 Å². The van der Waals surface area contributed by atoms with Crippen molar-refractivity contribution >= 4 is 15.9 Å². The maximum atomic E-state index is 12.9. The normalized spacial score (nSPS) is 19.3. The second kappa shape index (κ2) is 7.21. The van der Waals surface area contributed by atoms with Gasteiger partial charge in [0.15, 0.2) is 11.5 Å². The number of amides is 1. The smallest absolute Gasteiger partial charge is 0.243 e. The highest BCUT2D eigenvalue weighted by molar-refractivity contribution is 7.89. The monoisotopic (exact) mass is 368 g/mol. The van der Waals surface area contributed by atoms with Crippen LogP contribution in [-0.2, 0) is 14.8 Å². The van der Waals surface area contributed by atoms with Gasteiger partial charge in [-0.1, -0.05) is 0 Å². The molecule has 0 saturated carbocycles. The van der Waals surface area contributed by atoms with Gasteiger partial charge in [-0.25, -0.2) is 8.42 Å². The molecule has 0 radical (unpaired) electrons. The van der Waals surface area contributed by atoms with Crippen LogP contribution in [-0.4, -0.2) is 62.9 Å². The molecule has 7 nitrogen and oxygen atoms in total. The molecule has 1 saturated heterocycles. The first-order valence-electron chi connectivity index (χ1n) is 8.53. The average molecular weight is 368 g/mol. The SMILES string of the molecule is CC(=O)N(C)C1CCN(S(=O)(=O)c2ccc3c(c2)OCCCO3)CC1. The van der Waals surface area contributed by atoms with Crippen molar-refractivity contribution in [2.24, 2.45) is 0 Å². The van der Waals surface area contributed by atoms with Gasteiger partial charge in [-0.3, -0.25) is 4.79 Å². The molecule has 138 valence electrons. The minimum absolute atomic E-state index is 0.00390. The van der Waals surface area contributed by atoms with Crippen molar-refractivity contribution in [3.8, 4) is 11.5 Å². The first-order valence-corrected chi connectivity index (χ1v) is 9.97. The van der Waals surface area contributed by atoms with Gasteiger partial charge in [0, 0.05) is 45.6 Å². The lowest BCUT2D eigenvalue weighted by molar-refractivity contribution is -0.130. The van der Waals surface area contributed by atoms with Crippen LogP contribution in [0.15, 0.2) is 23.1 Å². The van der Waals surface area contributed by atoms with Gasteiger partial charge in [-0.15, -0.1) is 0 Å². The number of hydrogen-bond donors (Lipinski definition) is 0. The van der Waals surface area contributed by atoms with E-state index in [9.17, 15) is 13.2 Å². The van der Waals surface area contributed by atoms with Crippen LogP contribution in [0.1, 0.15) is 26.2 Å². The predicted molar refractivity (Wildman–Crippen MR) is 92.3 cm³/mol. The lowest BCUT2D eigenvalue weighted by Crippen LogP contribution is -2.46. The van der Waals surface area contributed by atoms with E-state index in [4.69, 9.17) is 9.47 Å². The van der Waals surface area contributed by atoms with Crippen molar-refractivity contribution in [3.63, 3.8) is 0 Å². The van der Waals surface area contributed by atoms with Gasteiger partial charge in [0.2, 0.25) is 15.9 Å². The number of nitrogens with zero attached hydrogens (tertiary/aromatic N) is 2. The van der Waals surface area contributed by atoms with E-state index in [-0.39, 0.29) is 16.8 Å². The number of fused-ring (bicyclic) bond motifs is 1. The molecule has 0 unspecified atom stereocenters. The van der Waals surface area contributed by atoms with Crippen LogP contribution in [0.5, 0.6) is 11.5 Å². The molecule has 0 aliphatic carbocycles. The fraction of sp³-hybridized carbons (Fsp3) is 0.588. The number of rotatable bonds is 3. The first-order chi connectivity index (χ1) is 11.9. The van der Waals surface area contributed by atoms with Crippen molar-refractivity contribution in [2.45, 2.75) is 37.1 Å². The molecule has 1 amide bonds. The van der Waals surface area contributed by atoms with E-state index in [0.29, 0.717) is 50.6 Å². The Bertz CT molecular complexity index is 741. The van der Waals surface area contributed by atoms with E-state index >= 15 is 0 Å². The summed E-state index contributed by atoms with van der Waals surface area (Å²) in [6.07, 6.45) is 2.05. The van der Waals surface area contributed by atoms with E-state index in [1.165, 1.54) is 11.2 Å². The number of piperidine rings is 1. The maximum Gasteiger partial charge on any atom is 0.243 e. The van der Waals surface area contributed by atoms with Crippen LogP contribution in [0.25, 0.3) is 0 Å². The molecular formula is C17H24N2O5S. The maximum absolute atomic E-state index is 12.9. The minimum Gasteiger partial charge on any atom is -0.490 e. The van der Waals surface area contributed by atoms with Crippen LogP contribution in [0, 0.1) is 0 Å². The van der Waals surface area contributed by atoms with Crippen LogP contribution < -0.4 is 9.47 Å². The number of hydrogen-bond acceptors (Lipinski definition) is 5. The molecule has 1 aromatic rings. The number of ether oxygens (including phenoxy) is 2. The van der Waals surface area contributed by atoms with E-state index in [1.54, 1.807) is 30.1 Å². The molecule has 25 heavy (non-hydrogen) atoms. The summed E-state index contributed by atoms with van der Waals surface area (Å²) < 4.78 is 38.5. The molecule has 0 bridgehead atoms. The Morgan fingerprint density at radius 3 is 2.44 bits per heavy atom. The Labute approximate surface area is 148 Å². The molecule has 0 N–H and O–H groups in total. The van der Waals surface area contributed by atoms with Crippen molar-refractivity contribution < 1.29 is 22.7 Å². The Balaban J connectivity index is 1.74. The van der Waals surface area contributed by atoms with E-state index in [2.05, 4.69) is 0 Å². The standard InChI is InChI=1S/C17H24N2O5S/c1-13(20)18(2)14-6-8-19(9-7-14)25(21,22)15-4-5-16-17(12-15)24-11-3-10-23-16/h4-5,12,14H,3,6-11H2,1-2H3. The highest BCUT2D eigenvalue weighted by Gasteiger charge is 2.32. The lowest BCUT2D eigenvalue weighted by atomic mass is 10.1. The lowest BCUT2D eigenvalue weighted by Gasteiger charge is -2.35. The molecule has 8 heteroatoms. The zero-order valence-corrected chi connectivity index (χ0v) is 15.4. The Hall–Kier alpha value is -1.80. The number of sulfonamides is 1. The molecule has 1 aromatic carbocycles. The molecule has 0 aromatic heterocycles. The summed E-state index contributed by atoms with van der Waals surface area (Å²) >= 11 is 0. The summed E-state index contributed by atoms with van der Waals surface area (Å²) in [4.78, 5) is 13.4. The Kier molecular flexibility index (Phi) is 5.19. The van der Waals surface area contributed by atoms with E-state index < -0.39 is 10.0 Å². The second-order valence-electron chi connectivity index (χ2n) is 6.42. The molecule has 3 rings (SSSR count). The van der Waals surface area contributed by atoms with Crippen molar-refractivity contribution in [1.29, 1.82) is 0 Å². The van der Waals surface area contributed by atoms with Crippen LogP contribution in [0.4, 0.5) is 0 Å². The predicted octanol–water partition coefficient (Wildman–Crippen LogP) is 1.48. The third-order valence-corrected chi connectivity index (χ3v) is 6.72. The van der Waals surface area contributed by atoms with Crippen molar-refractivity contribution in [2.75, 3.05) is 33.4 Å². The van der Waals surface area contributed by atoms with E-state index in [1.807, 2.05) is 0 Å². The summed E-state index contributed by atoms with van der Waals surface area (Å²) in [5.74, 6) is 1.06. The summed E-state index contributed by atoms with van der Waals surface area (Å²) in [6, 6.07) is 4.86. The zero-order chi connectivity index (χ0) is 18.0. The minimum atomic E-state index is -3.58. The molecule has 1 fully saturated rings. The molecule has 0 spiro atoms. The third kappa shape index (κ3) is 3.74. The van der Waals surface area contributed by atoms with Gasteiger partial charge in [-0.2, -0.15) is 4.31 Å². The third-order valence-electron chi connectivity index (χ3n) is 4.82. The van der Waals surface area contributed by atoms with Gasteiger partial charge in [0.25, 0.3) is 0 Å². The first kappa shape index (κ1) is 18.0. The molecule has 2 aliphatic heterocycles. The fourth-order valence-electron chi connectivity index (χ4n) is 3.18. The zero-order valence-electron chi connectivity index (χ0n) is 14.6. The number of carbonyl (C=O) groups excluding carboxylic acids is 1. The van der Waals surface area contributed by atoms with Gasteiger partial charge < -0.3 is 14.4 Å². The van der Waals surface area contributed by atoms with Crippen LogP contribution in [0.3, 0.4) is 0 Å². The van der Waals surface area contributed by atoms with E-state index in [0.717, 1.165) is 6.42 Å². The molecule has 0 atom stereocenters. The number of carbonyl (C=O) groups is 1. The molecule has 2 aliphatic rings. The van der Waals surface area contributed by atoms with Gasteiger partial charge in [-0.05, 0) is 25.0 Å². The quantitative estimate of drug-likeness (QED) is 0.808. The fourth-order valence-corrected chi connectivity index (χ4v) is 4.67. The van der Waals surface area contributed by atoms with Gasteiger partial charge in [0.1, 0.15) is 0 Å². The van der Waals surface area contributed by atoms with Crippen molar-refractivity contribution in [1.82, 2.24) is 9.21 Å². The Morgan fingerprint density at radius 2 is 1.80 bits per heavy atom. The van der Waals surface area contributed by atoms with Crippen molar-refractivity contribution in [3.05, 3.63) is 18.2 Å². The van der Waals surface area contributed by atoms with Gasteiger partial charge in [0.05, 0.1) is 18.1 Å².